The van der Waals surface area contributed by atoms with Crippen LogP contribution in [-0.4, -0.2) is 47.0 Å². The summed E-state index contributed by atoms with van der Waals surface area (Å²) in [6, 6.07) is 9.49. The summed E-state index contributed by atoms with van der Waals surface area (Å²) in [6.07, 6.45) is 5.06. The number of hydrogen-bond acceptors (Lipinski definition) is 5. The Kier molecular flexibility index (Phi) is 4.71. The van der Waals surface area contributed by atoms with Gasteiger partial charge in [-0.2, -0.15) is 0 Å². The average molecular weight is 312 g/mol. The van der Waals surface area contributed by atoms with Crippen LogP contribution in [0.5, 0.6) is 5.75 Å². The van der Waals surface area contributed by atoms with Crippen molar-refractivity contribution in [2.75, 3.05) is 25.5 Å². The molecular weight excluding hydrogens is 292 g/mol. The molecule has 1 N–H and O–H groups in total. The minimum Gasteiger partial charge on any atom is -0.497 e. The lowest BCUT2D eigenvalue weighted by Gasteiger charge is -2.32. The zero-order valence-electron chi connectivity index (χ0n) is 13.1. The molecular formula is C17H20N4O2. The van der Waals surface area contributed by atoms with Crippen LogP contribution in [0.15, 0.2) is 42.9 Å². The fourth-order valence-electron chi connectivity index (χ4n) is 2.75. The van der Waals surface area contributed by atoms with Gasteiger partial charge in [0.2, 0.25) is 0 Å². The van der Waals surface area contributed by atoms with Gasteiger partial charge in [-0.3, -0.25) is 4.79 Å². The quantitative estimate of drug-likeness (QED) is 0.937. The molecule has 6 heteroatoms. The topological polar surface area (TPSA) is 67.3 Å². The van der Waals surface area contributed by atoms with Crippen molar-refractivity contribution >= 4 is 11.7 Å². The van der Waals surface area contributed by atoms with E-state index in [1.54, 1.807) is 19.4 Å². The maximum Gasteiger partial charge on any atom is 0.253 e. The molecule has 0 aliphatic carbocycles. The summed E-state index contributed by atoms with van der Waals surface area (Å²) in [6.45, 7) is 1.47. The van der Waals surface area contributed by atoms with Crippen molar-refractivity contribution in [2.45, 2.75) is 18.9 Å². The van der Waals surface area contributed by atoms with E-state index < -0.39 is 0 Å². The number of benzene rings is 1. The highest BCUT2D eigenvalue weighted by molar-refractivity contribution is 5.94. The molecule has 1 saturated heterocycles. The number of aromatic nitrogens is 2. The minimum absolute atomic E-state index is 0.0596. The second-order valence-electron chi connectivity index (χ2n) is 5.54. The Morgan fingerprint density at radius 2 is 2.13 bits per heavy atom. The molecule has 0 atom stereocenters. The van der Waals surface area contributed by atoms with Crippen molar-refractivity contribution < 1.29 is 9.53 Å². The normalized spacial score (nSPS) is 15.3. The summed E-state index contributed by atoms with van der Waals surface area (Å²) in [5.41, 5.74) is 0.673. The van der Waals surface area contributed by atoms with Gasteiger partial charge in [-0.15, -0.1) is 0 Å². The summed E-state index contributed by atoms with van der Waals surface area (Å²) in [7, 11) is 1.61. The molecule has 1 fully saturated rings. The predicted molar refractivity (Wildman–Crippen MR) is 87.6 cm³/mol. The van der Waals surface area contributed by atoms with Gasteiger partial charge >= 0.3 is 0 Å². The monoisotopic (exact) mass is 312 g/mol. The van der Waals surface area contributed by atoms with E-state index in [0.29, 0.717) is 17.4 Å². The highest BCUT2D eigenvalue weighted by Gasteiger charge is 2.23. The first-order valence-corrected chi connectivity index (χ1v) is 7.72. The van der Waals surface area contributed by atoms with E-state index in [2.05, 4.69) is 15.3 Å². The molecule has 2 heterocycles. The van der Waals surface area contributed by atoms with Gasteiger partial charge in [0.1, 0.15) is 17.9 Å². The molecule has 1 aromatic heterocycles. The predicted octanol–water partition coefficient (Wildman–Crippen LogP) is 2.20. The van der Waals surface area contributed by atoms with E-state index in [-0.39, 0.29) is 5.91 Å². The second-order valence-corrected chi connectivity index (χ2v) is 5.54. The fraction of sp³-hybridized carbons (Fsp3) is 0.353. The van der Waals surface area contributed by atoms with Crippen LogP contribution in [0.3, 0.4) is 0 Å². The molecule has 23 heavy (non-hydrogen) atoms. The molecule has 2 aromatic rings. The van der Waals surface area contributed by atoms with Crippen LogP contribution >= 0.6 is 0 Å². The number of nitrogens with one attached hydrogen (secondary N) is 1. The average Bonchev–Trinajstić information content (AvgIpc) is 2.63. The fourth-order valence-corrected chi connectivity index (χ4v) is 2.75. The largest absolute Gasteiger partial charge is 0.497 e. The van der Waals surface area contributed by atoms with E-state index in [9.17, 15) is 4.79 Å². The Morgan fingerprint density at radius 3 is 2.83 bits per heavy atom. The second kappa shape index (κ2) is 7.09. The Balaban J connectivity index is 1.57. The van der Waals surface area contributed by atoms with Crippen molar-refractivity contribution in [3.8, 4) is 5.75 Å². The summed E-state index contributed by atoms with van der Waals surface area (Å²) >= 11 is 0. The first kappa shape index (κ1) is 15.3. The molecule has 1 amide bonds. The zero-order chi connectivity index (χ0) is 16.1. The molecule has 0 bridgehead atoms. The molecule has 1 aromatic carbocycles. The SMILES string of the molecule is COc1cccc(C(=O)N2CCC(Nc3ccncn3)CC2)c1. The molecule has 3 rings (SSSR count). The number of likely N-dealkylation sites (tertiary alicyclic amines) is 1. The van der Waals surface area contributed by atoms with Crippen LogP contribution in [0.2, 0.25) is 0 Å². The van der Waals surface area contributed by atoms with E-state index in [1.807, 2.05) is 29.2 Å². The number of carbonyl (C=O) groups is 1. The summed E-state index contributed by atoms with van der Waals surface area (Å²) in [5.74, 6) is 1.60. The Hall–Kier alpha value is -2.63. The summed E-state index contributed by atoms with van der Waals surface area (Å²) in [4.78, 5) is 22.5. The summed E-state index contributed by atoms with van der Waals surface area (Å²) < 4.78 is 5.18. The van der Waals surface area contributed by atoms with Gasteiger partial charge < -0.3 is 15.0 Å². The number of nitrogens with zero attached hydrogens (tertiary/aromatic N) is 3. The highest BCUT2D eigenvalue weighted by atomic mass is 16.5. The third-order valence-electron chi connectivity index (χ3n) is 4.03. The van der Waals surface area contributed by atoms with E-state index in [1.165, 1.54) is 6.33 Å². The first-order valence-electron chi connectivity index (χ1n) is 7.72. The van der Waals surface area contributed by atoms with Crippen LogP contribution in [0.4, 0.5) is 5.82 Å². The molecule has 1 aliphatic heterocycles. The number of amides is 1. The third-order valence-corrected chi connectivity index (χ3v) is 4.03. The molecule has 0 radical (unpaired) electrons. The Morgan fingerprint density at radius 1 is 1.30 bits per heavy atom. The van der Waals surface area contributed by atoms with Crippen molar-refractivity contribution in [3.05, 3.63) is 48.4 Å². The van der Waals surface area contributed by atoms with Gasteiger partial charge in [-0.1, -0.05) is 6.07 Å². The Bertz CT molecular complexity index is 655. The molecule has 6 nitrogen and oxygen atoms in total. The van der Waals surface area contributed by atoms with E-state index >= 15 is 0 Å². The van der Waals surface area contributed by atoms with Crippen molar-refractivity contribution in [3.63, 3.8) is 0 Å². The molecule has 0 spiro atoms. The standard InChI is InChI=1S/C17H20N4O2/c1-23-15-4-2-3-13(11-15)17(22)21-9-6-14(7-10-21)20-16-5-8-18-12-19-16/h2-5,8,11-12,14H,6-7,9-10H2,1H3,(H,18,19,20). The van der Waals surface area contributed by atoms with Gasteiger partial charge in [-0.05, 0) is 37.1 Å². The first-order chi connectivity index (χ1) is 11.3. The van der Waals surface area contributed by atoms with E-state index in [4.69, 9.17) is 4.74 Å². The lowest BCUT2D eigenvalue weighted by Crippen LogP contribution is -2.42. The smallest absolute Gasteiger partial charge is 0.253 e. The maximum absolute atomic E-state index is 12.6. The number of rotatable bonds is 4. The molecule has 0 unspecified atom stereocenters. The number of carbonyl (C=O) groups excluding carboxylic acids is 1. The van der Waals surface area contributed by atoms with Gasteiger partial charge in [0.15, 0.2) is 0 Å². The molecule has 120 valence electrons. The van der Waals surface area contributed by atoms with Gasteiger partial charge in [0.25, 0.3) is 5.91 Å². The van der Waals surface area contributed by atoms with Gasteiger partial charge in [-0.25, -0.2) is 9.97 Å². The lowest BCUT2D eigenvalue weighted by molar-refractivity contribution is 0.0718. The number of piperidine rings is 1. The van der Waals surface area contributed by atoms with Gasteiger partial charge in [0, 0.05) is 30.9 Å². The maximum atomic E-state index is 12.6. The number of methoxy groups -OCH3 is 1. The van der Waals surface area contributed by atoms with Crippen molar-refractivity contribution in [1.82, 2.24) is 14.9 Å². The Labute approximate surface area is 135 Å². The van der Waals surface area contributed by atoms with E-state index in [0.717, 1.165) is 31.7 Å². The summed E-state index contributed by atoms with van der Waals surface area (Å²) in [5, 5.41) is 3.39. The zero-order valence-corrected chi connectivity index (χ0v) is 13.1. The van der Waals surface area contributed by atoms with Crippen molar-refractivity contribution in [2.24, 2.45) is 0 Å². The van der Waals surface area contributed by atoms with Crippen LogP contribution in [0.25, 0.3) is 0 Å². The third kappa shape index (κ3) is 3.77. The van der Waals surface area contributed by atoms with Gasteiger partial charge in [0.05, 0.1) is 7.11 Å². The number of ether oxygens (including phenoxy) is 1. The highest BCUT2D eigenvalue weighted by Crippen LogP contribution is 2.19. The number of anilines is 1. The molecule has 0 saturated carbocycles. The van der Waals surface area contributed by atoms with Crippen LogP contribution in [0, 0.1) is 0 Å². The van der Waals surface area contributed by atoms with Crippen molar-refractivity contribution in [1.29, 1.82) is 0 Å². The van der Waals surface area contributed by atoms with Crippen LogP contribution in [-0.2, 0) is 0 Å². The van der Waals surface area contributed by atoms with Crippen LogP contribution in [0.1, 0.15) is 23.2 Å². The number of hydrogen-bond donors (Lipinski definition) is 1. The lowest BCUT2D eigenvalue weighted by atomic mass is 10.0. The minimum atomic E-state index is 0.0596. The molecule has 1 aliphatic rings. The van der Waals surface area contributed by atoms with Crippen LogP contribution < -0.4 is 10.1 Å².